The van der Waals surface area contributed by atoms with Gasteiger partial charge in [0.05, 0.1) is 11.5 Å². The van der Waals surface area contributed by atoms with Gasteiger partial charge in [-0.2, -0.15) is 8.42 Å². The molecule has 0 spiro atoms. The summed E-state index contributed by atoms with van der Waals surface area (Å²) in [5, 5.41) is 27.8. The van der Waals surface area contributed by atoms with Crippen molar-refractivity contribution >= 4 is 22.1 Å². The van der Waals surface area contributed by atoms with Gasteiger partial charge >= 0.3 is 35.5 Å². The quantitative estimate of drug-likeness (QED) is 0.207. The number of esters is 1. The van der Waals surface area contributed by atoms with Crippen LogP contribution < -0.4 is 34.7 Å². The molecule has 0 aliphatic heterocycles. The molecule has 1 aromatic rings. The van der Waals surface area contributed by atoms with E-state index in [2.05, 4.69) is 4.74 Å². The number of carbonyl (C=O) groups is 2. The number of carboxylic acids is 1. The van der Waals surface area contributed by atoms with Crippen molar-refractivity contribution in [3.8, 4) is 0 Å². The van der Waals surface area contributed by atoms with Crippen molar-refractivity contribution in [2.75, 3.05) is 6.61 Å². The van der Waals surface area contributed by atoms with Crippen molar-refractivity contribution in [3.63, 3.8) is 0 Å². The molecule has 1 aromatic carbocycles. The Morgan fingerprint density at radius 2 is 1.76 bits per heavy atom. The maximum atomic E-state index is 11.6. The summed E-state index contributed by atoms with van der Waals surface area (Å²) in [6.45, 7) is -0.862. The molecule has 11 heteroatoms. The van der Waals surface area contributed by atoms with Gasteiger partial charge in [-0.05, 0) is 6.07 Å². The Kier molecular flexibility index (Phi) is 7.47. The first-order valence-corrected chi connectivity index (χ1v) is 6.43. The van der Waals surface area contributed by atoms with E-state index < -0.39 is 51.0 Å². The van der Waals surface area contributed by atoms with E-state index in [9.17, 15) is 23.1 Å². The van der Waals surface area contributed by atoms with E-state index in [1.165, 1.54) is 0 Å². The van der Waals surface area contributed by atoms with E-state index in [4.69, 9.17) is 14.8 Å². The Labute approximate surface area is 141 Å². The normalized spacial score (nSPS) is 10.9. The number of aromatic carboxylic acids is 1. The smallest absolute Gasteiger partial charge is 0.545 e. The largest absolute Gasteiger partial charge is 1.00 e. The summed E-state index contributed by atoms with van der Waals surface area (Å²) >= 11 is 0. The minimum atomic E-state index is -5.04. The Morgan fingerprint density at radius 3 is 2.19 bits per heavy atom. The van der Waals surface area contributed by atoms with Crippen molar-refractivity contribution in [1.82, 2.24) is 0 Å². The third-order valence-electron chi connectivity index (χ3n) is 2.08. The Balaban J connectivity index is 0.00000400. The maximum Gasteiger partial charge on any atom is 1.00 e. The third-order valence-corrected chi connectivity index (χ3v) is 3.03. The van der Waals surface area contributed by atoms with Crippen LogP contribution >= 0.6 is 0 Å². The van der Waals surface area contributed by atoms with Crippen LogP contribution in [0.4, 0.5) is 0 Å². The number of carboxylic acid groups (broad SMARTS) is 1. The second-order valence-corrected chi connectivity index (χ2v) is 4.88. The van der Waals surface area contributed by atoms with Crippen LogP contribution in [0.3, 0.4) is 0 Å². The number of benzene rings is 1. The van der Waals surface area contributed by atoms with E-state index in [0.717, 1.165) is 18.2 Å². The fourth-order valence-corrected chi connectivity index (χ4v) is 2.22. The van der Waals surface area contributed by atoms with Gasteiger partial charge in [0.1, 0.15) is 11.5 Å². The summed E-state index contributed by atoms with van der Waals surface area (Å²) in [5.74, 6) is -3.27. The minimum absolute atomic E-state index is 0. The number of hydrogen-bond donors (Lipinski definition) is 3. The Bertz CT molecular complexity index is 638. The molecular formula is C10H9NaO9S. The number of aliphatic hydroxyl groups excluding tert-OH is 1. The zero-order chi connectivity index (χ0) is 15.5. The minimum Gasteiger partial charge on any atom is -0.545 e. The predicted octanol–water partition coefficient (Wildman–Crippen LogP) is -5.23. The molecule has 0 unspecified atom stereocenters. The number of rotatable bonds is 5. The van der Waals surface area contributed by atoms with Crippen molar-refractivity contribution < 1.29 is 72.2 Å². The Hall–Kier alpha value is -1.01. The zero-order valence-corrected chi connectivity index (χ0v) is 13.5. The predicted molar refractivity (Wildman–Crippen MR) is 59.1 cm³/mol. The van der Waals surface area contributed by atoms with Gasteiger partial charge in [-0.25, -0.2) is 4.79 Å². The molecule has 0 radical (unpaired) electrons. The summed E-state index contributed by atoms with van der Waals surface area (Å²) in [6.07, 6.45) is -1.99. The third kappa shape index (κ3) is 5.36. The molecule has 0 bridgehead atoms. The maximum absolute atomic E-state index is 11.6. The Morgan fingerprint density at radius 1 is 1.24 bits per heavy atom. The van der Waals surface area contributed by atoms with Crippen molar-refractivity contribution in [3.05, 3.63) is 29.3 Å². The first-order chi connectivity index (χ1) is 9.14. The summed E-state index contributed by atoms with van der Waals surface area (Å²) in [6, 6.07) is 2.74. The van der Waals surface area contributed by atoms with Crippen LogP contribution in [0.25, 0.3) is 0 Å². The van der Waals surface area contributed by atoms with Crippen LogP contribution in [0.15, 0.2) is 23.1 Å². The van der Waals surface area contributed by atoms with E-state index in [-0.39, 0.29) is 29.6 Å². The molecule has 0 heterocycles. The van der Waals surface area contributed by atoms with Crippen LogP contribution in [0, 0.1) is 0 Å². The second kappa shape index (κ2) is 7.84. The summed E-state index contributed by atoms with van der Waals surface area (Å²) in [4.78, 5) is 21.2. The van der Waals surface area contributed by atoms with Gasteiger partial charge in [-0.15, -0.1) is 0 Å². The summed E-state index contributed by atoms with van der Waals surface area (Å²) in [5.41, 5.74) is -1.69. The molecule has 1 rings (SSSR count). The second-order valence-electron chi connectivity index (χ2n) is 3.52. The molecule has 110 valence electrons. The molecule has 9 nitrogen and oxygen atoms in total. The SMILES string of the molecule is O=C([O-])c1cccc(C(=O)OCC(O)O)c1S(=O)(=O)O.[Na+]. The fraction of sp³-hybridized carbons (Fsp3) is 0.200. The molecule has 0 saturated heterocycles. The molecule has 0 aromatic heterocycles. The van der Waals surface area contributed by atoms with Crippen molar-refractivity contribution in [2.24, 2.45) is 0 Å². The van der Waals surface area contributed by atoms with Crippen molar-refractivity contribution in [2.45, 2.75) is 11.2 Å². The molecule has 0 aliphatic carbocycles. The number of hydrogen-bond acceptors (Lipinski definition) is 8. The van der Waals surface area contributed by atoms with Crippen LogP contribution in [-0.4, -0.2) is 48.0 Å². The monoisotopic (exact) mass is 328 g/mol. The summed E-state index contributed by atoms with van der Waals surface area (Å²) in [7, 11) is -5.04. The fourth-order valence-electron chi connectivity index (χ4n) is 1.36. The zero-order valence-electron chi connectivity index (χ0n) is 10.7. The standard InChI is InChI=1S/C10H10O9S.Na/c11-7(12)4-19-10(15)6-3-1-2-5(9(13)14)8(6)20(16,17)18;/h1-3,7,11-12H,4H2,(H,13,14)(H,16,17,18);/q;+1/p-1. The summed E-state index contributed by atoms with van der Waals surface area (Å²) < 4.78 is 35.7. The number of ether oxygens (including phenoxy) is 1. The average Bonchev–Trinajstić information content (AvgIpc) is 2.33. The van der Waals surface area contributed by atoms with Crippen molar-refractivity contribution in [1.29, 1.82) is 0 Å². The number of aliphatic hydroxyl groups is 2. The van der Waals surface area contributed by atoms with E-state index in [1.807, 2.05) is 0 Å². The topological polar surface area (TPSA) is 161 Å². The van der Waals surface area contributed by atoms with Crippen LogP contribution in [0.2, 0.25) is 0 Å². The van der Waals surface area contributed by atoms with E-state index in [1.54, 1.807) is 0 Å². The molecule has 21 heavy (non-hydrogen) atoms. The van der Waals surface area contributed by atoms with E-state index in [0.29, 0.717) is 0 Å². The van der Waals surface area contributed by atoms with E-state index >= 15 is 0 Å². The average molecular weight is 328 g/mol. The van der Waals surface area contributed by atoms with Crippen LogP contribution in [0.5, 0.6) is 0 Å². The molecular weight excluding hydrogens is 319 g/mol. The van der Waals surface area contributed by atoms with Gasteiger partial charge in [0, 0.05) is 5.56 Å². The van der Waals surface area contributed by atoms with Crippen LogP contribution in [-0.2, 0) is 14.9 Å². The van der Waals surface area contributed by atoms with Gasteiger partial charge in [0.2, 0.25) is 0 Å². The molecule has 0 atom stereocenters. The number of carbonyl (C=O) groups excluding carboxylic acids is 2. The van der Waals surface area contributed by atoms with Gasteiger partial charge in [-0.3, -0.25) is 4.55 Å². The van der Waals surface area contributed by atoms with Crippen LogP contribution in [0.1, 0.15) is 20.7 Å². The molecule has 0 fully saturated rings. The van der Waals surface area contributed by atoms with Gasteiger partial charge in [0.15, 0.2) is 6.29 Å². The molecule has 0 amide bonds. The molecule has 0 saturated carbocycles. The first kappa shape index (κ1) is 20.0. The molecule has 3 N–H and O–H groups in total. The first-order valence-electron chi connectivity index (χ1n) is 4.99. The van der Waals surface area contributed by atoms with Gasteiger partial charge in [0.25, 0.3) is 10.1 Å². The molecule has 0 aliphatic rings. The van der Waals surface area contributed by atoms with Gasteiger partial charge < -0.3 is 24.9 Å². The van der Waals surface area contributed by atoms with Gasteiger partial charge in [-0.1, -0.05) is 12.1 Å².